The second-order valence-electron chi connectivity index (χ2n) is 4.62. The largest absolute Gasteiger partial charge is 0.299 e. The SMILES string of the molecule is CC1CCC(C(=O)C(C)CC#N)CC1. The molecule has 0 aromatic heterocycles. The van der Waals surface area contributed by atoms with Gasteiger partial charge in [0, 0.05) is 18.3 Å². The van der Waals surface area contributed by atoms with E-state index in [-0.39, 0.29) is 11.8 Å². The van der Waals surface area contributed by atoms with Gasteiger partial charge < -0.3 is 0 Å². The summed E-state index contributed by atoms with van der Waals surface area (Å²) in [6.45, 7) is 4.13. The minimum Gasteiger partial charge on any atom is -0.299 e. The minimum atomic E-state index is -0.0570. The first kappa shape index (κ1) is 11.2. The molecule has 14 heavy (non-hydrogen) atoms. The molecule has 0 aromatic carbocycles. The van der Waals surface area contributed by atoms with Crippen molar-refractivity contribution in [3.63, 3.8) is 0 Å². The van der Waals surface area contributed by atoms with Crippen molar-refractivity contribution in [1.29, 1.82) is 5.26 Å². The van der Waals surface area contributed by atoms with Crippen LogP contribution in [0.15, 0.2) is 0 Å². The van der Waals surface area contributed by atoms with Gasteiger partial charge in [0.15, 0.2) is 0 Å². The van der Waals surface area contributed by atoms with Gasteiger partial charge >= 0.3 is 0 Å². The zero-order chi connectivity index (χ0) is 10.6. The maximum Gasteiger partial charge on any atom is 0.139 e. The lowest BCUT2D eigenvalue weighted by atomic mass is 9.78. The topological polar surface area (TPSA) is 40.9 Å². The van der Waals surface area contributed by atoms with Crippen LogP contribution in [0, 0.1) is 29.1 Å². The molecule has 1 unspecified atom stereocenters. The van der Waals surface area contributed by atoms with Crippen LogP contribution in [0.1, 0.15) is 46.0 Å². The van der Waals surface area contributed by atoms with Crippen LogP contribution in [0.25, 0.3) is 0 Å². The average molecular weight is 193 g/mol. The number of Topliss-reactive ketones (excluding diaryl/α,β-unsaturated/α-hetero) is 1. The molecule has 2 heteroatoms. The summed E-state index contributed by atoms with van der Waals surface area (Å²) < 4.78 is 0. The van der Waals surface area contributed by atoms with Gasteiger partial charge in [-0.05, 0) is 18.8 Å². The summed E-state index contributed by atoms with van der Waals surface area (Å²) in [6.07, 6.45) is 4.81. The Bertz CT molecular complexity index is 233. The molecule has 0 spiro atoms. The van der Waals surface area contributed by atoms with Crippen LogP contribution in [0.4, 0.5) is 0 Å². The zero-order valence-electron chi connectivity index (χ0n) is 9.12. The molecule has 0 amide bonds. The summed E-state index contributed by atoms with van der Waals surface area (Å²) in [7, 11) is 0. The van der Waals surface area contributed by atoms with Gasteiger partial charge in [-0.3, -0.25) is 4.79 Å². The Kier molecular flexibility index (Phi) is 4.13. The normalized spacial score (nSPS) is 29.2. The number of hydrogen-bond donors (Lipinski definition) is 0. The first-order chi connectivity index (χ1) is 6.65. The number of rotatable bonds is 3. The van der Waals surface area contributed by atoms with Crippen LogP contribution in [0.3, 0.4) is 0 Å². The van der Waals surface area contributed by atoms with E-state index in [0.29, 0.717) is 12.2 Å². The van der Waals surface area contributed by atoms with Crippen LogP contribution < -0.4 is 0 Å². The van der Waals surface area contributed by atoms with Gasteiger partial charge in [0.05, 0.1) is 6.07 Å². The number of carbonyl (C=O) groups is 1. The van der Waals surface area contributed by atoms with Gasteiger partial charge in [-0.2, -0.15) is 5.26 Å². The standard InChI is InChI=1S/C12H19NO/c1-9-3-5-11(6-4-9)12(14)10(2)7-8-13/h9-11H,3-7H2,1-2H3. The fourth-order valence-corrected chi connectivity index (χ4v) is 2.18. The molecule has 0 bridgehead atoms. The smallest absolute Gasteiger partial charge is 0.139 e. The Hall–Kier alpha value is -0.840. The Labute approximate surface area is 86.3 Å². The minimum absolute atomic E-state index is 0.0570. The quantitative estimate of drug-likeness (QED) is 0.691. The number of ketones is 1. The van der Waals surface area contributed by atoms with E-state index >= 15 is 0 Å². The van der Waals surface area contributed by atoms with Crippen LogP contribution in [0.5, 0.6) is 0 Å². The highest BCUT2D eigenvalue weighted by atomic mass is 16.1. The maximum absolute atomic E-state index is 11.8. The summed E-state index contributed by atoms with van der Waals surface area (Å²) in [4.78, 5) is 11.8. The van der Waals surface area contributed by atoms with Gasteiger partial charge in [-0.25, -0.2) is 0 Å². The Balaban J connectivity index is 2.42. The van der Waals surface area contributed by atoms with Crippen molar-refractivity contribution < 1.29 is 4.79 Å². The lowest BCUT2D eigenvalue weighted by molar-refractivity contribution is -0.127. The van der Waals surface area contributed by atoms with Crippen LogP contribution >= 0.6 is 0 Å². The molecule has 0 heterocycles. The number of hydrogen-bond acceptors (Lipinski definition) is 2. The molecule has 1 rings (SSSR count). The van der Waals surface area contributed by atoms with Gasteiger partial charge in [0.2, 0.25) is 0 Å². The van der Waals surface area contributed by atoms with E-state index in [2.05, 4.69) is 13.0 Å². The van der Waals surface area contributed by atoms with Crippen LogP contribution in [-0.4, -0.2) is 5.78 Å². The zero-order valence-corrected chi connectivity index (χ0v) is 9.12. The highest BCUT2D eigenvalue weighted by molar-refractivity contribution is 5.83. The van der Waals surface area contributed by atoms with Gasteiger partial charge in [-0.15, -0.1) is 0 Å². The summed E-state index contributed by atoms with van der Waals surface area (Å²) in [6, 6.07) is 2.08. The third kappa shape index (κ3) is 2.83. The molecule has 1 fully saturated rings. The van der Waals surface area contributed by atoms with Crippen molar-refractivity contribution in [2.45, 2.75) is 46.0 Å². The summed E-state index contributed by atoms with van der Waals surface area (Å²) in [5, 5.41) is 8.52. The molecule has 2 nitrogen and oxygen atoms in total. The molecule has 1 atom stereocenters. The molecule has 1 saturated carbocycles. The molecule has 78 valence electrons. The monoisotopic (exact) mass is 193 g/mol. The predicted octanol–water partition coefficient (Wildman–Crippen LogP) is 2.93. The van der Waals surface area contributed by atoms with E-state index in [1.807, 2.05) is 6.92 Å². The third-order valence-electron chi connectivity index (χ3n) is 3.30. The third-order valence-corrected chi connectivity index (χ3v) is 3.30. The molecule has 0 radical (unpaired) electrons. The Morgan fingerprint density at radius 1 is 1.43 bits per heavy atom. The average Bonchev–Trinajstić information content (AvgIpc) is 2.18. The number of carbonyl (C=O) groups excluding carboxylic acids is 1. The van der Waals surface area contributed by atoms with E-state index in [0.717, 1.165) is 18.8 Å². The van der Waals surface area contributed by atoms with Gasteiger partial charge in [-0.1, -0.05) is 26.7 Å². The highest BCUT2D eigenvalue weighted by Crippen LogP contribution is 2.30. The molecular formula is C12H19NO. The molecular weight excluding hydrogens is 174 g/mol. The van der Waals surface area contributed by atoms with E-state index in [1.165, 1.54) is 12.8 Å². The fourth-order valence-electron chi connectivity index (χ4n) is 2.18. The molecule has 0 aliphatic heterocycles. The molecule has 1 aliphatic rings. The lowest BCUT2D eigenvalue weighted by Gasteiger charge is -2.26. The fraction of sp³-hybridized carbons (Fsp3) is 0.833. The predicted molar refractivity (Wildman–Crippen MR) is 55.5 cm³/mol. The second-order valence-corrected chi connectivity index (χ2v) is 4.62. The first-order valence-electron chi connectivity index (χ1n) is 5.55. The molecule has 0 saturated heterocycles. The number of nitrogens with zero attached hydrogens (tertiary/aromatic N) is 1. The Morgan fingerprint density at radius 2 is 2.00 bits per heavy atom. The first-order valence-corrected chi connectivity index (χ1v) is 5.55. The van der Waals surface area contributed by atoms with E-state index in [9.17, 15) is 4.79 Å². The van der Waals surface area contributed by atoms with Gasteiger partial charge in [0.25, 0.3) is 0 Å². The van der Waals surface area contributed by atoms with Gasteiger partial charge in [0.1, 0.15) is 5.78 Å². The second kappa shape index (κ2) is 5.14. The van der Waals surface area contributed by atoms with E-state index in [1.54, 1.807) is 0 Å². The molecule has 1 aliphatic carbocycles. The van der Waals surface area contributed by atoms with Crippen molar-refractivity contribution in [1.82, 2.24) is 0 Å². The Morgan fingerprint density at radius 3 is 2.50 bits per heavy atom. The van der Waals surface area contributed by atoms with Crippen molar-refractivity contribution in [3.05, 3.63) is 0 Å². The van der Waals surface area contributed by atoms with Crippen molar-refractivity contribution in [2.75, 3.05) is 0 Å². The van der Waals surface area contributed by atoms with Crippen molar-refractivity contribution in [3.8, 4) is 6.07 Å². The van der Waals surface area contributed by atoms with Crippen LogP contribution in [0.2, 0.25) is 0 Å². The van der Waals surface area contributed by atoms with E-state index < -0.39 is 0 Å². The van der Waals surface area contributed by atoms with Crippen molar-refractivity contribution in [2.24, 2.45) is 17.8 Å². The molecule has 0 N–H and O–H groups in total. The summed E-state index contributed by atoms with van der Waals surface area (Å²) in [5.74, 6) is 1.29. The highest BCUT2D eigenvalue weighted by Gasteiger charge is 2.27. The number of nitriles is 1. The maximum atomic E-state index is 11.8. The summed E-state index contributed by atoms with van der Waals surface area (Å²) >= 11 is 0. The van der Waals surface area contributed by atoms with Crippen molar-refractivity contribution >= 4 is 5.78 Å². The lowest BCUT2D eigenvalue weighted by Crippen LogP contribution is -2.25. The van der Waals surface area contributed by atoms with Crippen LogP contribution in [-0.2, 0) is 4.79 Å². The molecule has 0 aromatic rings. The van der Waals surface area contributed by atoms with E-state index in [4.69, 9.17) is 5.26 Å². The summed E-state index contributed by atoms with van der Waals surface area (Å²) in [5.41, 5.74) is 0.